The zero-order valence-electron chi connectivity index (χ0n) is 11.0. The second kappa shape index (κ2) is 5.48. The van der Waals surface area contributed by atoms with E-state index in [0.717, 1.165) is 12.8 Å². The van der Waals surface area contributed by atoms with Crippen LogP contribution < -0.4 is 10.6 Å². The van der Waals surface area contributed by atoms with Crippen molar-refractivity contribution < 1.29 is 9.32 Å². The molecule has 1 amide bonds. The molecule has 0 saturated heterocycles. The lowest BCUT2D eigenvalue weighted by Crippen LogP contribution is -2.47. The van der Waals surface area contributed by atoms with E-state index in [9.17, 15) is 4.79 Å². The summed E-state index contributed by atoms with van der Waals surface area (Å²) in [4.78, 5) is 15.9. The van der Waals surface area contributed by atoms with E-state index < -0.39 is 0 Å². The average Bonchev–Trinajstić information content (AvgIpc) is 2.75. The molecule has 1 heterocycles. The summed E-state index contributed by atoms with van der Waals surface area (Å²) in [5.74, 6) is 0.446. The highest BCUT2D eigenvalue weighted by Gasteiger charge is 2.32. The Bertz CT molecular complexity index is 410. The summed E-state index contributed by atoms with van der Waals surface area (Å²) in [5, 5.41) is 9.60. The smallest absolute Gasteiger partial charge is 0.315 e. The summed E-state index contributed by atoms with van der Waals surface area (Å²) in [7, 11) is 1.93. The van der Waals surface area contributed by atoms with Crippen LogP contribution in [0.15, 0.2) is 4.52 Å². The largest absolute Gasteiger partial charge is 0.328 e. The minimum Gasteiger partial charge on any atom is -0.315 e. The van der Waals surface area contributed by atoms with Gasteiger partial charge in [0.1, 0.15) is 0 Å². The van der Waals surface area contributed by atoms with E-state index in [2.05, 4.69) is 20.8 Å². The van der Waals surface area contributed by atoms with E-state index in [1.54, 1.807) is 6.92 Å². The molecule has 0 bridgehead atoms. The van der Waals surface area contributed by atoms with E-state index in [1.165, 1.54) is 19.3 Å². The van der Waals surface area contributed by atoms with Crippen molar-refractivity contribution >= 4 is 11.9 Å². The first-order valence-electron chi connectivity index (χ1n) is 6.43. The van der Waals surface area contributed by atoms with Gasteiger partial charge in [0.2, 0.25) is 5.91 Å². The average molecular weight is 252 g/mol. The molecule has 0 radical (unpaired) electrons. The van der Waals surface area contributed by atoms with Crippen LogP contribution in [-0.4, -0.2) is 28.6 Å². The number of carbonyl (C=O) groups excluding carboxylic acids is 1. The third kappa shape index (κ3) is 3.07. The molecule has 0 spiro atoms. The Morgan fingerprint density at radius 3 is 2.67 bits per heavy atom. The Hall–Kier alpha value is -1.43. The topological polar surface area (TPSA) is 80.0 Å². The molecular formula is C12H20N4O2. The first-order valence-corrected chi connectivity index (χ1v) is 6.43. The molecule has 0 unspecified atom stereocenters. The first kappa shape index (κ1) is 13.0. The zero-order valence-corrected chi connectivity index (χ0v) is 11.0. The summed E-state index contributed by atoms with van der Waals surface area (Å²) in [6.07, 6.45) is 6.14. The van der Waals surface area contributed by atoms with Crippen LogP contribution in [0.25, 0.3) is 0 Å². The fourth-order valence-corrected chi connectivity index (χ4v) is 2.56. The normalized spacial score (nSPS) is 18.6. The highest BCUT2D eigenvalue weighted by Crippen LogP contribution is 2.30. The van der Waals surface area contributed by atoms with Crippen molar-refractivity contribution in [1.82, 2.24) is 15.5 Å². The van der Waals surface area contributed by atoms with Gasteiger partial charge in [-0.1, -0.05) is 24.4 Å². The summed E-state index contributed by atoms with van der Waals surface area (Å²) in [6, 6.07) is 0.180. The van der Waals surface area contributed by atoms with Gasteiger partial charge in [0.05, 0.1) is 0 Å². The van der Waals surface area contributed by atoms with Crippen LogP contribution in [0.4, 0.5) is 6.01 Å². The van der Waals surface area contributed by atoms with Crippen molar-refractivity contribution in [2.75, 3.05) is 12.4 Å². The monoisotopic (exact) mass is 252 g/mol. The quantitative estimate of drug-likeness (QED) is 0.851. The van der Waals surface area contributed by atoms with Crippen molar-refractivity contribution in [3.8, 4) is 0 Å². The Labute approximate surface area is 107 Å². The van der Waals surface area contributed by atoms with E-state index in [0.29, 0.717) is 12.2 Å². The molecule has 1 aliphatic carbocycles. The summed E-state index contributed by atoms with van der Waals surface area (Å²) in [5.41, 5.74) is -0.0720. The van der Waals surface area contributed by atoms with Gasteiger partial charge in [-0.05, 0) is 26.8 Å². The lowest BCUT2D eigenvalue weighted by molar-refractivity contribution is -0.118. The predicted octanol–water partition coefficient (Wildman–Crippen LogP) is 1.63. The molecule has 1 aromatic rings. The van der Waals surface area contributed by atoms with E-state index >= 15 is 0 Å². The van der Waals surface area contributed by atoms with Crippen LogP contribution in [0.2, 0.25) is 0 Å². The number of hydrogen-bond donors (Lipinski definition) is 2. The minimum absolute atomic E-state index is 0.0720. The van der Waals surface area contributed by atoms with Gasteiger partial charge < -0.3 is 9.84 Å². The number of amides is 1. The second-order valence-corrected chi connectivity index (χ2v) is 4.96. The summed E-state index contributed by atoms with van der Waals surface area (Å²) >= 11 is 0. The van der Waals surface area contributed by atoms with Gasteiger partial charge in [0, 0.05) is 12.0 Å². The molecule has 1 aliphatic rings. The maximum absolute atomic E-state index is 12.0. The molecule has 100 valence electrons. The molecule has 6 heteroatoms. The van der Waals surface area contributed by atoms with Gasteiger partial charge in [-0.2, -0.15) is 4.98 Å². The maximum Gasteiger partial charge on any atom is 0.328 e. The van der Waals surface area contributed by atoms with Crippen LogP contribution >= 0.6 is 0 Å². The van der Waals surface area contributed by atoms with Crippen molar-refractivity contribution in [3.63, 3.8) is 0 Å². The Balaban J connectivity index is 1.93. The van der Waals surface area contributed by atoms with Crippen molar-refractivity contribution in [2.24, 2.45) is 0 Å². The Morgan fingerprint density at radius 2 is 2.11 bits per heavy atom. The SMILES string of the molecule is CNC1(CC(=O)Nc2nc(C)no2)CCCCC1. The third-order valence-electron chi connectivity index (χ3n) is 3.61. The summed E-state index contributed by atoms with van der Waals surface area (Å²) in [6.45, 7) is 1.72. The predicted molar refractivity (Wildman–Crippen MR) is 67.2 cm³/mol. The van der Waals surface area contributed by atoms with E-state index in [1.807, 2.05) is 7.05 Å². The fraction of sp³-hybridized carbons (Fsp3) is 0.750. The molecule has 2 rings (SSSR count). The number of aromatic nitrogens is 2. The number of anilines is 1. The van der Waals surface area contributed by atoms with Crippen LogP contribution in [0.1, 0.15) is 44.3 Å². The summed E-state index contributed by atoms with van der Waals surface area (Å²) < 4.78 is 4.88. The number of rotatable bonds is 4. The van der Waals surface area contributed by atoms with Gasteiger partial charge in [0.15, 0.2) is 5.82 Å². The molecule has 1 saturated carbocycles. The zero-order chi connectivity index (χ0) is 13.0. The molecule has 1 fully saturated rings. The van der Waals surface area contributed by atoms with E-state index in [4.69, 9.17) is 4.52 Å². The Morgan fingerprint density at radius 1 is 1.39 bits per heavy atom. The fourth-order valence-electron chi connectivity index (χ4n) is 2.56. The minimum atomic E-state index is -0.0742. The molecule has 0 aromatic carbocycles. The third-order valence-corrected chi connectivity index (χ3v) is 3.61. The number of nitrogens with zero attached hydrogens (tertiary/aromatic N) is 2. The van der Waals surface area contributed by atoms with Gasteiger partial charge in [-0.15, -0.1) is 0 Å². The lowest BCUT2D eigenvalue weighted by Gasteiger charge is -2.36. The second-order valence-electron chi connectivity index (χ2n) is 4.96. The van der Waals surface area contributed by atoms with Crippen LogP contribution in [0.5, 0.6) is 0 Å². The molecule has 0 aliphatic heterocycles. The maximum atomic E-state index is 12.0. The van der Waals surface area contributed by atoms with Crippen molar-refractivity contribution in [1.29, 1.82) is 0 Å². The van der Waals surface area contributed by atoms with Gasteiger partial charge in [-0.3, -0.25) is 10.1 Å². The Kier molecular flexibility index (Phi) is 3.96. The number of aryl methyl sites for hydroxylation is 1. The number of carbonyl (C=O) groups is 1. The van der Waals surface area contributed by atoms with E-state index in [-0.39, 0.29) is 17.5 Å². The van der Waals surface area contributed by atoms with Crippen LogP contribution in [0, 0.1) is 6.92 Å². The lowest BCUT2D eigenvalue weighted by atomic mass is 9.79. The molecule has 1 aromatic heterocycles. The van der Waals surface area contributed by atoms with Gasteiger partial charge >= 0.3 is 6.01 Å². The molecule has 0 atom stereocenters. The van der Waals surface area contributed by atoms with Crippen molar-refractivity contribution in [2.45, 2.75) is 51.0 Å². The van der Waals surface area contributed by atoms with Crippen LogP contribution in [0.3, 0.4) is 0 Å². The van der Waals surface area contributed by atoms with Gasteiger partial charge in [-0.25, -0.2) is 0 Å². The molecule has 18 heavy (non-hydrogen) atoms. The molecule has 6 nitrogen and oxygen atoms in total. The number of hydrogen-bond acceptors (Lipinski definition) is 5. The highest BCUT2D eigenvalue weighted by molar-refractivity contribution is 5.89. The standard InChI is InChI=1S/C12H20N4O2/c1-9-14-11(18-16-9)15-10(17)8-12(13-2)6-4-3-5-7-12/h13H,3-8H2,1-2H3,(H,14,15,16,17). The molecular weight excluding hydrogens is 232 g/mol. The van der Waals surface area contributed by atoms with Crippen molar-refractivity contribution in [3.05, 3.63) is 5.82 Å². The number of nitrogens with one attached hydrogen (secondary N) is 2. The molecule has 2 N–H and O–H groups in total. The van der Waals surface area contributed by atoms with Gasteiger partial charge in [0.25, 0.3) is 0 Å². The first-order chi connectivity index (χ1) is 8.63. The van der Waals surface area contributed by atoms with Crippen LogP contribution in [-0.2, 0) is 4.79 Å². The highest BCUT2D eigenvalue weighted by atomic mass is 16.5.